The largest absolute Gasteiger partial charge is 0.383 e. The fraction of sp³-hybridized carbons (Fsp3) is 0.353. The molecular weight excluding hydrogens is 310 g/mol. The van der Waals surface area contributed by atoms with Crippen LogP contribution in [-0.4, -0.2) is 24.3 Å². The summed E-state index contributed by atoms with van der Waals surface area (Å²) < 4.78 is 27.7. The van der Waals surface area contributed by atoms with Crippen LogP contribution in [0.3, 0.4) is 0 Å². The lowest BCUT2D eigenvalue weighted by Crippen LogP contribution is -2.38. The van der Waals surface area contributed by atoms with Crippen molar-refractivity contribution in [3.63, 3.8) is 0 Å². The number of nitrogen functional groups attached to an aromatic ring is 1. The van der Waals surface area contributed by atoms with Crippen molar-refractivity contribution in [3.8, 4) is 0 Å². The minimum atomic E-state index is -3.54. The first-order chi connectivity index (χ1) is 11.0. The van der Waals surface area contributed by atoms with Crippen molar-refractivity contribution in [1.82, 2.24) is 9.29 Å². The molecule has 0 radical (unpaired) electrons. The second-order valence-electron chi connectivity index (χ2n) is 5.92. The van der Waals surface area contributed by atoms with E-state index in [0.717, 1.165) is 30.4 Å². The minimum Gasteiger partial charge on any atom is -0.383 e. The fourth-order valence-electron chi connectivity index (χ4n) is 3.06. The number of hydrogen-bond acceptors (Lipinski definition) is 4. The maximum atomic E-state index is 13.1. The van der Waals surface area contributed by atoms with Gasteiger partial charge >= 0.3 is 0 Å². The van der Waals surface area contributed by atoms with Crippen molar-refractivity contribution in [2.45, 2.75) is 37.1 Å². The van der Waals surface area contributed by atoms with E-state index in [0.29, 0.717) is 17.3 Å². The molecule has 1 aromatic carbocycles. The number of anilines is 1. The van der Waals surface area contributed by atoms with Gasteiger partial charge in [-0.15, -0.1) is 0 Å². The third-order valence-corrected chi connectivity index (χ3v) is 6.23. The number of rotatable bonds is 3. The van der Waals surface area contributed by atoms with Crippen LogP contribution >= 0.6 is 0 Å². The van der Waals surface area contributed by atoms with Gasteiger partial charge in [-0.3, -0.25) is 0 Å². The van der Waals surface area contributed by atoms with Crippen LogP contribution in [0, 0.1) is 6.92 Å². The van der Waals surface area contributed by atoms with Crippen LogP contribution in [0.5, 0.6) is 0 Å². The average Bonchev–Trinajstić information content (AvgIpc) is 2.56. The predicted octanol–water partition coefficient (Wildman–Crippen LogP) is 2.89. The summed E-state index contributed by atoms with van der Waals surface area (Å²) in [5.74, 6) is 0.406. The molecule has 0 aliphatic carbocycles. The third kappa shape index (κ3) is 3.09. The first kappa shape index (κ1) is 16.0. The average molecular weight is 331 g/mol. The molecule has 1 aliphatic rings. The Morgan fingerprint density at radius 3 is 2.61 bits per heavy atom. The van der Waals surface area contributed by atoms with Crippen molar-refractivity contribution in [2.75, 3.05) is 12.3 Å². The summed E-state index contributed by atoms with van der Waals surface area (Å²) in [6.45, 7) is 2.45. The number of nitrogens with two attached hydrogens (primary N) is 1. The van der Waals surface area contributed by atoms with E-state index in [2.05, 4.69) is 4.98 Å². The van der Waals surface area contributed by atoms with Crippen LogP contribution < -0.4 is 5.73 Å². The molecule has 0 bridgehead atoms. The van der Waals surface area contributed by atoms with E-state index in [1.165, 1.54) is 0 Å². The lowest BCUT2D eigenvalue weighted by molar-refractivity contribution is 0.256. The van der Waals surface area contributed by atoms with Crippen LogP contribution in [0.25, 0.3) is 0 Å². The summed E-state index contributed by atoms with van der Waals surface area (Å²) in [7, 11) is -3.54. The number of aromatic nitrogens is 1. The first-order valence-corrected chi connectivity index (χ1v) is 9.23. The zero-order valence-corrected chi connectivity index (χ0v) is 14.0. The van der Waals surface area contributed by atoms with Gasteiger partial charge in [0, 0.05) is 18.3 Å². The molecule has 1 aromatic heterocycles. The minimum absolute atomic E-state index is 0.247. The molecule has 2 N–H and O–H groups in total. The molecule has 5 nitrogen and oxygen atoms in total. The Balaban J connectivity index is 2.01. The Hall–Kier alpha value is -1.92. The normalized spacial score (nSPS) is 19.6. The molecule has 1 atom stereocenters. The predicted molar refractivity (Wildman–Crippen MR) is 90.3 cm³/mol. The van der Waals surface area contributed by atoms with E-state index in [4.69, 9.17) is 5.73 Å². The maximum absolute atomic E-state index is 13.1. The number of piperidine rings is 1. The van der Waals surface area contributed by atoms with E-state index in [-0.39, 0.29) is 6.04 Å². The zero-order chi connectivity index (χ0) is 16.4. The molecule has 1 aliphatic heterocycles. The standard InChI is InChI=1S/C17H21N3O2S/c1-13-7-9-14(10-8-13)23(21,22)20-12-3-2-6-16(20)15-5-4-11-19-17(15)18/h4-5,7-11,16H,2-3,6,12H2,1H3,(H2,18,19)/t16-/m0/s1. The lowest BCUT2D eigenvalue weighted by atomic mass is 9.98. The second-order valence-corrected chi connectivity index (χ2v) is 7.81. The highest BCUT2D eigenvalue weighted by Gasteiger charge is 2.35. The van der Waals surface area contributed by atoms with Gasteiger partial charge in [0.05, 0.1) is 10.9 Å². The summed E-state index contributed by atoms with van der Waals surface area (Å²) in [5.41, 5.74) is 7.81. The Labute approximate surface area is 137 Å². The summed E-state index contributed by atoms with van der Waals surface area (Å²) >= 11 is 0. The van der Waals surface area contributed by atoms with E-state index in [9.17, 15) is 8.42 Å². The van der Waals surface area contributed by atoms with Crippen LogP contribution in [-0.2, 0) is 10.0 Å². The molecule has 0 saturated carbocycles. The first-order valence-electron chi connectivity index (χ1n) is 7.79. The molecule has 6 heteroatoms. The molecule has 2 heterocycles. The number of pyridine rings is 1. The fourth-order valence-corrected chi connectivity index (χ4v) is 4.74. The van der Waals surface area contributed by atoms with Crippen molar-refractivity contribution in [2.24, 2.45) is 0 Å². The molecule has 1 fully saturated rings. The van der Waals surface area contributed by atoms with Gasteiger partial charge in [0.2, 0.25) is 10.0 Å². The van der Waals surface area contributed by atoms with Gasteiger partial charge in [0.15, 0.2) is 0 Å². The van der Waals surface area contributed by atoms with E-state index in [1.54, 1.807) is 28.7 Å². The molecule has 2 aromatic rings. The van der Waals surface area contributed by atoms with Crippen molar-refractivity contribution in [1.29, 1.82) is 0 Å². The molecule has 23 heavy (non-hydrogen) atoms. The Morgan fingerprint density at radius 1 is 1.17 bits per heavy atom. The van der Waals surface area contributed by atoms with Crippen LogP contribution in [0.2, 0.25) is 0 Å². The zero-order valence-electron chi connectivity index (χ0n) is 13.1. The smallest absolute Gasteiger partial charge is 0.243 e. The molecule has 122 valence electrons. The highest BCUT2D eigenvalue weighted by molar-refractivity contribution is 7.89. The number of aryl methyl sites for hydroxylation is 1. The van der Waals surface area contributed by atoms with E-state index < -0.39 is 10.0 Å². The van der Waals surface area contributed by atoms with Gasteiger partial charge in [0.25, 0.3) is 0 Å². The molecule has 3 rings (SSSR count). The van der Waals surface area contributed by atoms with E-state index in [1.807, 2.05) is 25.1 Å². The maximum Gasteiger partial charge on any atom is 0.243 e. The van der Waals surface area contributed by atoms with Crippen LogP contribution in [0.15, 0.2) is 47.5 Å². The Kier molecular flexibility index (Phi) is 4.37. The summed E-state index contributed by atoms with van der Waals surface area (Å²) in [6, 6.07) is 10.4. The lowest BCUT2D eigenvalue weighted by Gasteiger charge is -2.35. The molecular formula is C17H21N3O2S. The summed E-state index contributed by atoms with van der Waals surface area (Å²) in [6.07, 6.45) is 4.24. The monoisotopic (exact) mass is 331 g/mol. The molecule has 0 amide bonds. The summed E-state index contributed by atoms with van der Waals surface area (Å²) in [4.78, 5) is 4.44. The number of sulfonamides is 1. The molecule has 1 saturated heterocycles. The quantitative estimate of drug-likeness (QED) is 0.938. The third-order valence-electron chi connectivity index (χ3n) is 4.31. The van der Waals surface area contributed by atoms with Gasteiger partial charge < -0.3 is 5.73 Å². The Morgan fingerprint density at radius 2 is 1.91 bits per heavy atom. The van der Waals surface area contributed by atoms with Crippen molar-refractivity contribution in [3.05, 3.63) is 53.7 Å². The van der Waals surface area contributed by atoms with E-state index >= 15 is 0 Å². The van der Waals surface area contributed by atoms with Crippen LogP contribution in [0.1, 0.15) is 36.4 Å². The van der Waals surface area contributed by atoms with Crippen molar-refractivity contribution >= 4 is 15.8 Å². The van der Waals surface area contributed by atoms with Gasteiger partial charge in [0.1, 0.15) is 5.82 Å². The Bertz CT molecular complexity index is 788. The number of benzene rings is 1. The highest BCUT2D eigenvalue weighted by Crippen LogP contribution is 2.37. The number of nitrogens with zero attached hydrogens (tertiary/aromatic N) is 2. The van der Waals surface area contributed by atoms with Gasteiger partial charge in [-0.05, 0) is 38.0 Å². The molecule has 0 spiro atoms. The topological polar surface area (TPSA) is 76.3 Å². The van der Waals surface area contributed by atoms with Gasteiger partial charge in [-0.1, -0.05) is 30.2 Å². The number of hydrogen-bond donors (Lipinski definition) is 1. The summed E-state index contributed by atoms with van der Waals surface area (Å²) in [5, 5.41) is 0. The van der Waals surface area contributed by atoms with Gasteiger partial charge in [-0.2, -0.15) is 4.31 Å². The molecule has 0 unspecified atom stereocenters. The highest BCUT2D eigenvalue weighted by atomic mass is 32.2. The second kappa shape index (κ2) is 6.29. The van der Waals surface area contributed by atoms with Gasteiger partial charge in [-0.25, -0.2) is 13.4 Å². The van der Waals surface area contributed by atoms with Crippen molar-refractivity contribution < 1.29 is 8.42 Å². The SMILES string of the molecule is Cc1ccc(S(=O)(=O)N2CCCC[C@H]2c2cccnc2N)cc1. The van der Waals surface area contributed by atoms with Crippen LogP contribution in [0.4, 0.5) is 5.82 Å².